The van der Waals surface area contributed by atoms with Crippen molar-refractivity contribution < 1.29 is 4.79 Å². The average molecular weight is 259 g/mol. The molecule has 3 unspecified atom stereocenters. The second-order valence-corrected chi connectivity index (χ2v) is 6.42. The third-order valence-electron chi connectivity index (χ3n) is 3.58. The van der Waals surface area contributed by atoms with Crippen LogP contribution in [0, 0.1) is 0 Å². The van der Waals surface area contributed by atoms with Gasteiger partial charge in [-0.2, -0.15) is 11.8 Å². The van der Waals surface area contributed by atoms with Crippen molar-refractivity contribution in [3.05, 3.63) is 0 Å². The van der Waals surface area contributed by atoms with Crippen LogP contribution in [0.25, 0.3) is 0 Å². The summed E-state index contributed by atoms with van der Waals surface area (Å²) in [5.41, 5.74) is 5.84. The highest BCUT2D eigenvalue weighted by Crippen LogP contribution is 2.26. The molecule has 1 aliphatic heterocycles. The van der Waals surface area contributed by atoms with E-state index in [-0.39, 0.29) is 11.9 Å². The van der Waals surface area contributed by atoms with Gasteiger partial charge >= 0.3 is 0 Å². The Morgan fingerprint density at radius 3 is 2.71 bits per heavy atom. The predicted octanol–water partition coefficient (Wildman–Crippen LogP) is 0.618. The number of nitrogens with zero attached hydrogens (tertiary/aromatic N) is 2. The lowest BCUT2D eigenvalue weighted by molar-refractivity contribution is -0.130. The van der Waals surface area contributed by atoms with E-state index in [0.717, 1.165) is 12.3 Å². The number of thioether (sulfide) groups is 1. The summed E-state index contributed by atoms with van der Waals surface area (Å²) in [6.45, 7) is 6.09. The predicted molar refractivity (Wildman–Crippen MR) is 74.2 cm³/mol. The number of rotatable bonds is 4. The third-order valence-corrected chi connectivity index (χ3v) is 4.92. The van der Waals surface area contributed by atoms with Gasteiger partial charge in [-0.15, -0.1) is 0 Å². The molecular weight excluding hydrogens is 234 g/mol. The molecule has 100 valence electrons. The van der Waals surface area contributed by atoms with Crippen molar-refractivity contribution in [1.29, 1.82) is 0 Å². The van der Waals surface area contributed by atoms with Gasteiger partial charge in [-0.05, 0) is 6.92 Å². The fraction of sp³-hybridized carbons (Fsp3) is 0.917. The maximum absolute atomic E-state index is 11.8. The van der Waals surface area contributed by atoms with Crippen LogP contribution in [-0.2, 0) is 4.79 Å². The molecule has 1 amide bonds. The molecule has 5 heteroatoms. The van der Waals surface area contributed by atoms with Crippen LogP contribution >= 0.6 is 11.8 Å². The highest BCUT2D eigenvalue weighted by Gasteiger charge is 2.31. The lowest BCUT2D eigenvalue weighted by Gasteiger charge is -2.42. The molecule has 4 nitrogen and oxygen atoms in total. The van der Waals surface area contributed by atoms with Crippen LogP contribution in [0.15, 0.2) is 0 Å². The molecule has 0 radical (unpaired) electrons. The topological polar surface area (TPSA) is 49.6 Å². The Bertz CT molecular complexity index is 260. The fourth-order valence-corrected chi connectivity index (χ4v) is 3.31. The van der Waals surface area contributed by atoms with Crippen LogP contribution in [0.3, 0.4) is 0 Å². The maximum Gasteiger partial charge on any atom is 0.223 e. The van der Waals surface area contributed by atoms with Crippen LogP contribution in [-0.4, -0.2) is 66.0 Å². The van der Waals surface area contributed by atoms with Crippen molar-refractivity contribution in [2.45, 2.75) is 37.6 Å². The largest absolute Gasteiger partial charge is 0.349 e. The van der Waals surface area contributed by atoms with Gasteiger partial charge in [0.2, 0.25) is 5.91 Å². The van der Waals surface area contributed by atoms with Gasteiger partial charge in [0, 0.05) is 56.7 Å². The van der Waals surface area contributed by atoms with Crippen molar-refractivity contribution in [2.75, 3.05) is 32.9 Å². The quantitative estimate of drug-likeness (QED) is 0.804. The zero-order valence-corrected chi connectivity index (χ0v) is 12.2. The maximum atomic E-state index is 11.8. The van der Waals surface area contributed by atoms with Crippen LogP contribution in [0.4, 0.5) is 0 Å². The molecule has 0 spiro atoms. The highest BCUT2D eigenvalue weighted by atomic mass is 32.2. The van der Waals surface area contributed by atoms with Crippen LogP contribution in [0.1, 0.15) is 20.3 Å². The molecule has 0 aromatic rings. The summed E-state index contributed by atoms with van der Waals surface area (Å²) in [7, 11) is 3.60. The second-order valence-electron chi connectivity index (χ2n) is 4.94. The molecule has 0 saturated carbocycles. The van der Waals surface area contributed by atoms with Gasteiger partial charge < -0.3 is 10.6 Å². The molecule has 0 bridgehead atoms. The molecule has 1 saturated heterocycles. The van der Waals surface area contributed by atoms with E-state index in [9.17, 15) is 4.79 Å². The van der Waals surface area contributed by atoms with Crippen molar-refractivity contribution in [3.63, 3.8) is 0 Å². The average Bonchev–Trinajstić information content (AvgIpc) is 2.29. The van der Waals surface area contributed by atoms with Crippen LogP contribution in [0.2, 0.25) is 0 Å². The summed E-state index contributed by atoms with van der Waals surface area (Å²) in [5, 5.41) is 0.618. The number of nitrogens with two attached hydrogens (primary N) is 1. The number of carbonyl (C=O) groups excluding carboxylic acids is 1. The van der Waals surface area contributed by atoms with E-state index < -0.39 is 0 Å². The lowest BCUT2D eigenvalue weighted by atomic mass is 10.1. The van der Waals surface area contributed by atoms with Crippen molar-refractivity contribution in [3.8, 4) is 0 Å². The molecule has 2 N–H and O–H groups in total. The third kappa shape index (κ3) is 3.86. The van der Waals surface area contributed by atoms with E-state index in [1.165, 1.54) is 0 Å². The zero-order valence-electron chi connectivity index (χ0n) is 11.3. The molecular formula is C12H25N3OS. The monoisotopic (exact) mass is 259 g/mol. The summed E-state index contributed by atoms with van der Waals surface area (Å²) in [6.07, 6.45) is 0.533. The zero-order chi connectivity index (χ0) is 13.0. The molecule has 3 atom stereocenters. The molecule has 0 aromatic carbocycles. The summed E-state index contributed by atoms with van der Waals surface area (Å²) >= 11 is 2.01. The Balaban J connectivity index is 2.62. The SMILES string of the molecule is CC1SCCN(C(CN)CC(=O)N(C)C)C1C. The van der Waals surface area contributed by atoms with Crippen molar-refractivity contribution in [1.82, 2.24) is 9.80 Å². The van der Waals surface area contributed by atoms with Gasteiger partial charge in [0.25, 0.3) is 0 Å². The molecule has 1 fully saturated rings. The molecule has 1 heterocycles. The number of hydrogen-bond acceptors (Lipinski definition) is 4. The minimum absolute atomic E-state index is 0.165. The van der Waals surface area contributed by atoms with Gasteiger partial charge in [-0.3, -0.25) is 9.69 Å². The smallest absolute Gasteiger partial charge is 0.223 e. The van der Waals surface area contributed by atoms with E-state index in [1.54, 1.807) is 19.0 Å². The van der Waals surface area contributed by atoms with E-state index in [2.05, 4.69) is 18.7 Å². The standard InChI is InChI=1S/C12H25N3OS/c1-9-10(2)17-6-5-15(9)11(8-13)7-12(16)14(3)4/h9-11H,5-8,13H2,1-4H3. The Hall–Kier alpha value is -0.260. The fourth-order valence-electron chi connectivity index (χ4n) is 2.19. The second kappa shape index (κ2) is 6.61. The van der Waals surface area contributed by atoms with Crippen molar-refractivity contribution in [2.24, 2.45) is 5.73 Å². The first-order valence-electron chi connectivity index (χ1n) is 6.25. The molecule has 1 aliphatic rings. The molecule has 0 aromatic heterocycles. The number of hydrogen-bond donors (Lipinski definition) is 1. The Labute approximate surface area is 109 Å². The highest BCUT2D eigenvalue weighted by molar-refractivity contribution is 8.00. The molecule has 0 aliphatic carbocycles. The normalized spacial score (nSPS) is 27.8. The van der Waals surface area contributed by atoms with Crippen molar-refractivity contribution >= 4 is 17.7 Å². The van der Waals surface area contributed by atoms with E-state index in [0.29, 0.717) is 24.3 Å². The summed E-state index contributed by atoms with van der Waals surface area (Å²) in [6, 6.07) is 0.681. The minimum Gasteiger partial charge on any atom is -0.349 e. The minimum atomic E-state index is 0.165. The summed E-state index contributed by atoms with van der Waals surface area (Å²) in [4.78, 5) is 15.8. The van der Waals surface area contributed by atoms with E-state index in [4.69, 9.17) is 5.73 Å². The van der Waals surface area contributed by atoms with Crippen LogP contribution < -0.4 is 5.73 Å². The first-order chi connectivity index (χ1) is 7.97. The van der Waals surface area contributed by atoms with Crippen LogP contribution in [0.5, 0.6) is 0 Å². The van der Waals surface area contributed by atoms with Gasteiger partial charge in [0.1, 0.15) is 0 Å². The number of carbonyl (C=O) groups is 1. The summed E-state index contributed by atoms with van der Waals surface area (Å²) < 4.78 is 0. The van der Waals surface area contributed by atoms with Gasteiger partial charge in [0.05, 0.1) is 0 Å². The van der Waals surface area contributed by atoms with E-state index in [1.807, 2.05) is 11.8 Å². The summed E-state index contributed by atoms with van der Waals surface area (Å²) in [5.74, 6) is 1.30. The Morgan fingerprint density at radius 2 is 2.18 bits per heavy atom. The van der Waals surface area contributed by atoms with Gasteiger partial charge in [-0.25, -0.2) is 0 Å². The Kier molecular flexibility index (Phi) is 5.76. The van der Waals surface area contributed by atoms with Gasteiger partial charge in [0.15, 0.2) is 0 Å². The number of amides is 1. The first kappa shape index (κ1) is 14.8. The molecule has 1 rings (SSSR count). The Morgan fingerprint density at radius 1 is 1.53 bits per heavy atom. The molecule has 17 heavy (non-hydrogen) atoms. The van der Waals surface area contributed by atoms with E-state index >= 15 is 0 Å². The first-order valence-corrected chi connectivity index (χ1v) is 7.29. The van der Waals surface area contributed by atoms with Gasteiger partial charge in [-0.1, -0.05) is 6.92 Å². The lowest BCUT2D eigenvalue weighted by Crippen LogP contribution is -2.53.